The Labute approximate surface area is 212 Å². The molecular weight excluding hydrogens is 505 g/mol. The first-order valence-corrected chi connectivity index (χ1v) is 13.5. The van der Waals surface area contributed by atoms with Gasteiger partial charge in [0.15, 0.2) is 5.13 Å². The Hall–Kier alpha value is -3.43. The van der Waals surface area contributed by atoms with Crippen molar-refractivity contribution < 1.29 is 21.6 Å². The van der Waals surface area contributed by atoms with Crippen molar-refractivity contribution in [2.24, 2.45) is 0 Å². The van der Waals surface area contributed by atoms with Gasteiger partial charge in [-0.1, -0.05) is 80.1 Å². The molecule has 0 saturated carbocycles. The van der Waals surface area contributed by atoms with Crippen LogP contribution in [0.1, 0.15) is 29.3 Å². The van der Waals surface area contributed by atoms with E-state index in [4.69, 9.17) is 0 Å². The van der Waals surface area contributed by atoms with Gasteiger partial charge in [-0.05, 0) is 41.3 Å². The van der Waals surface area contributed by atoms with E-state index < -0.39 is 21.8 Å². The van der Waals surface area contributed by atoms with Crippen LogP contribution in [-0.2, 0) is 22.6 Å². The van der Waals surface area contributed by atoms with Crippen molar-refractivity contribution >= 4 is 32.6 Å². The summed E-state index contributed by atoms with van der Waals surface area (Å²) in [7, 11) is -3.92. The first kappa shape index (κ1) is 25.7. The molecule has 4 nitrogen and oxygen atoms in total. The Morgan fingerprint density at radius 1 is 0.889 bits per heavy atom. The van der Waals surface area contributed by atoms with Gasteiger partial charge >= 0.3 is 6.18 Å². The van der Waals surface area contributed by atoms with Gasteiger partial charge in [-0.25, -0.2) is 13.4 Å². The SMILES string of the molecule is CCCc1sc(NS(=O)(=O)/C=C/c2ccc(C(F)(F)F)cc2)nc1-c1ccc(-c2ccccc2)cc1. The number of sulfonamides is 1. The molecule has 0 bridgehead atoms. The quantitative estimate of drug-likeness (QED) is 0.253. The summed E-state index contributed by atoms with van der Waals surface area (Å²) in [4.78, 5) is 5.52. The number of aromatic nitrogens is 1. The lowest BCUT2D eigenvalue weighted by molar-refractivity contribution is -0.137. The average molecular weight is 529 g/mol. The topological polar surface area (TPSA) is 59.1 Å². The number of anilines is 1. The van der Waals surface area contributed by atoms with Crippen molar-refractivity contribution in [3.8, 4) is 22.4 Å². The normalized spacial score (nSPS) is 12.2. The summed E-state index contributed by atoms with van der Waals surface area (Å²) in [5, 5.41) is 1.16. The average Bonchev–Trinajstić information content (AvgIpc) is 3.25. The van der Waals surface area contributed by atoms with Gasteiger partial charge < -0.3 is 0 Å². The fourth-order valence-corrected chi connectivity index (χ4v) is 5.72. The molecule has 0 aliphatic heterocycles. The van der Waals surface area contributed by atoms with Crippen LogP contribution in [0.25, 0.3) is 28.5 Å². The van der Waals surface area contributed by atoms with Gasteiger partial charge in [0.05, 0.1) is 16.7 Å². The Morgan fingerprint density at radius 3 is 2.11 bits per heavy atom. The summed E-state index contributed by atoms with van der Waals surface area (Å²) in [6, 6.07) is 22.2. The highest BCUT2D eigenvalue weighted by atomic mass is 32.2. The van der Waals surface area contributed by atoms with Gasteiger partial charge in [0.1, 0.15) is 0 Å². The zero-order valence-corrected chi connectivity index (χ0v) is 20.9. The molecule has 0 atom stereocenters. The molecule has 1 N–H and O–H groups in total. The molecule has 0 spiro atoms. The van der Waals surface area contributed by atoms with E-state index in [0.717, 1.165) is 57.6 Å². The van der Waals surface area contributed by atoms with Gasteiger partial charge in [0.2, 0.25) is 0 Å². The summed E-state index contributed by atoms with van der Waals surface area (Å²) in [5.41, 5.74) is 3.32. The molecule has 1 aromatic heterocycles. The molecule has 1 heterocycles. The zero-order chi connectivity index (χ0) is 25.8. The van der Waals surface area contributed by atoms with E-state index in [9.17, 15) is 21.6 Å². The van der Waals surface area contributed by atoms with Crippen LogP contribution in [0, 0.1) is 0 Å². The third kappa shape index (κ3) is 6.41. The predicted molar refractivity (Wildman–Crippen MR) is 140 cm³/mol. The molecule has 0 radical (unpaired) electrons. The number of halogens is 3. The Balaban J connectivity index is 1.53. The zero-order valence-electron chi connectivity index (χ0n) is 19.3. The molecule has 9 heteroatoms. The maximum absolute atomic E-state index is 12.7. The first-order chi connectivity index (χ1) is 17.1. The van der Waals surface area contributed by atoms with Crippen LogP contribution in [-0.4, -0.2) is 13.4 Å². The molecule has 3 aromatic carbocycles. The van der Waals surface area contributed by atoms with E-state index in [1.807, 2.05) is 61.5 Å². The summed E-state index contributed by atoms with van der Waals surface area (Å²) >= 11 is 1.27. The van der Waals surface area contributed by atoms with E-state index in [1.54, 1.807) is 0 Å². The number of hydrogen-bond acceptors (Lipinski definition) is 4. The maximum atomic E-state index is 12.7. The van der Waals surface area contributed by atoms with E-state index in [2.05, 4.69) is 9.71 Å². The number of alkyl halides is 3. The summed E-state index contributed by atoms with van der Waals surface area (Å²) < 4.78 is 65.8. The summed E-state index contributed by atoms with van der Waals surface area (Å²) in [6.07, 6.45) is -1.59. The molecule has 0 aliphatic carbocycles. The fourth-order valence-electron chi connectivity index (χ4n) is 3.58. The van der Waals surface area contributed by atoms with Crippen LogP contribution in [0.4, 0.5) is 18.3 Å². The molecule has 186 valence electrons. The highest BCUT2D eigenvalue weighted by molar-refractivity contribution is 7.95. The minimum atomic E-state index is -4.45. The second kappa shape index (κ2) is 10.7. The lowest BCUT2D eigenvalue weighted by atomic mass is 10.0. The van der Waals surface area contributed by atoms with Crippen LogP contribution in [0.3, 0.4) is 0 Å². The van der Waals surface area contributed by atoms with Gasteiger partial charge in [-0.3, -0.25) is 4.72 Å². The van der Waals surface area contributed by atoms with Crippen molar-refractivity contribution in [2.45, 2.75) is 25.9 Å². The molecule has 0 fully saturated rings. The van der Waals surface area contributed by atoms with Crippen LogP contribution in [0.15, 0.2) is 84.3 Å². The lowest BCUT2D eigenvalue weighted by Gasteiger charge is -2.06. The van der Waals surface area contributed by atoms with Crippen molar-refractivity contribution in [3.05, 3.63) is 100 Å². The molecule has 0 unspecified atom stereocenters. The molecule has 36 heavy (non-hydrogen) atoms. The minimum absolute atomic E-state index is 0.234. The van der Waals surface area contributed by atoms with Crippen molar-refractivity contribution in [2.75, 3.05) is 4.72 Å². The summed E-state index contributed by atoms with van der Waals surface area (Å²) in [5.74, 6) is 0. The number of thiazole rings is 1. The lowest BCUT2D eigenvalue weighted by Crippen LogP contribution is -2.08. The van der Waals surface area contributed by atoms with Crippen LogP contribution in [0.2, 0.25) is 0 Å². The maximum Gasteiger partial charge on any atom is 0.416 e. The number of aryl methyl sites for hydroxylation is 1. The third-order valence-electron chi connectivity index (χ3n) is 5.35. The van der Waals surface area contributed by atoms with Gasteiger partial charge in [0.25, 0.3) is 10.0 Å². The first-order valence-electron chi connectivity index (χ1n) is 11.2. The fraction of sp³-hybridized carbons (Fsp3) is 0.148. The highest BCUT2D eigenvalue weighted by Crippen LogP contribution is 2.34. The van der Waals surface area contributed by atoms with Crippen LogP contribution in [0.5, 0.6) is 0 Å². The largest absolute Gasteiger partial charge is 0.416 e. The number of hydrogen-bond donors (Lipinski definition) is 1. The van der Waals surface area contributed by atoms with Gasteiger partial charge in [0, 0.05) is 10.4 Å². The molecule has 0 amide bonds. The second-order valence-electron chi connectivity index (χ2n) is 8.05. The monoisotopic (exact) mass is 528 g/mol. The number of nitrogens with one attached hydrogen (secondary N) is 1. The van der Waals surface area contributed by atoms with Crippen LogP contribution >= 0.6 is 11.3 Å². The molecule has 4 aromatic rings. The number of benzene rings is 3. The van der Waals surface area contributed by atoms with E-state index in [0.29, 0.717) is 5.56 Å². The van der Waals surface area contributed by atoms with Crippen molar-refractivity contribution in [1.82, 2.24) is 4.98 Å². The molecule has 4 rings (SSSR count). The van der Waals surface area contributed by atoms with Crippen molar-refractivity contribution in [1.29, 1.82) is 0 Å². The molecule has 0 saturated heterocycles. The second-order valence-corrected chi connectivity index (χ2v) is 10.7. The van der Waals surface area contributed by atoms with Gasteiger partial charge in [-0.15, -0.1) is 11.3 Å². The highest BCUT2D eigenvalue weighted by Gasteiger charge is 2.29. The Morgan fingerprint density at radius 2 is 1.50 bits per heavy atom. The number of rotatable bonds is 8. The summed E-state index contributed by atoms with van der Waals surface area (Å²) in [6.45, 7) is 2.04. The van der Waals surface area contributed by atoms with E-state index in [-0.39, 0.29) is 5.13 Å². The number of nitrogens with zero attached hydrogens (tertiary/aromatic N) is 1. The third-order valence-corrected chi connectivity index (χ3v) is 7.48. The van der Waals surface area contributed by atoms with Crippen molar-refractivity contribution in [3.63, 3.8) is 0 Å². The van der Waals surface area contributed by atoms with E-state index in [1.165, 1.54) is 29.5 Å². The smallest absolute Gasteiger partial charge is 0.255 e. The molecule has 0 aliphatic rings. The Bertz CT molecular complexity index is 1440. The van der Waals surface area contributed by atoms with Gasteiger partial charge in [-0.2, -0.15) is 13.2 Å². The predicted octanol–water partition coefficient (Wildman–Crippen LogP) is 7.86. The van der Waals surface area contributed by atoms with E-state index >= 15 is 0 Å². The minimum Gasteiger partial charge on any atom is -0.255 e. The Kier molecular flexibility index (Phi) is 7.61. The van der Waals surface area contributed by atoms with Crippen LogP contribution < -0.4 is 4.72 Å². The standard InChI is InChI=1S/C27H23F3N2O2S2/c1-2-6-24-25(22-13-11-21(12-14-22)20-7-4-3-5-8-20)31-26(35-24)32-36(33,34)18-17-19-9-15-23(16-10-19)27(28,29)30/h3-5,7-18H,2,6H2,1H3,(H,31,32)/b18-17+. The molecular formula is C27H23F3N2O2S2.